The molecule has 0 radical (unpaired) electrons. The Bertz CT molecular complexity index is 735. The van der Waals surface area contributed by atoms with Crippen molar-refractivity contribution in [1.82, 2.24) is 4.98 Å². The number of methoxy groups -OCH3 is 1. The summed E-state index contributed by atoms with van der Waals surface area (Å²) in [5, 5.41) is 11.6. The van der Waals surface area contributed by atoms with Crippen molar-refractivity contribution >= 4 is 23.0 Å². The number of hydrogen-bond donors (Lipinski definition) is 0. The lowest BCUT2D eigenvalue weighted by Gasteiger charge is -2.10. The molecule has 0 fully saturated rings. The van der Waals surface area contributed by atoms with Crippen LogP contribution in [0.1, 0.15) is 16.3 Å². The third-order valence-corrected chi connectivity index (χ3v) is 3.68. The number of hydrogen-bond acceptors (Lipinski definition) is 5. The van der Waals surface area contributed by atoms with Gasteiger partial charge in [0.25, 0.3) is 0 Å². The van der Waals surface area contributed by atoms with Gasteiger partial charge in [-0.2, -0.15) is 14.0 Å². The van der Waals surface area contributed by atoms with Crippen LogP contribution in [-0.4, -0.2) is 18.7 Å². The molecule has 7 heteroatoms. The van der Waals surface area contributed by atoms with Gasteiger partial charge in [0.1, 0.15) is 11.1 Å². The Morgan fingerprint density at radius 2 is 2.18 bits per heavy atom. The maximum absolute atomic E-state index is 12.4. The van der Waals surface area contributed by atoms with Crippen molar-refractivity contribution in [3.8, 4) is 17.6 Å². The van der Waals surface area contributed by atoms with Crippen LogP contribution in [0, 0.1) is 18.3 Å². The maximum atomic E-state index is 12.4. The molecule has 0 aliphatic heterocycles. The summed E-state index contributed by atoms with van der Waals surface area (Å²) in [5.41, 5.74) is 1.71. The van der Waals surface area contributed by atoms with E-state index < -0.39 is 6.61 Å². The summed E-state index contributed by atoms with van der Waals surface area (Å²) in [5.74, 6) is 0.111. The van der Waals surface area contributed by atoms with Gasteiger partial charge >= 0.3 is 6.61 Å². The molecule has 2 rings (SSSR count). The first-order valence-electron chi connectivity index (χ1n) is 6.20. The van der Waals surface area contributed by atoms with E-state index in [9.17, 15) is 14.0 Å². The van der Waals surface area contributed by atoms with Gasteiger partial charge in [0, 0.05) is 11.1 Å². The largest absolute Gasteiger partial charge is 0.493 e. The Morgan fingerprint density at radius 1 is 1.41 bits per heavy atom. The highest BCUT2D eigenvalue weighted by Gasteiger charge is 2.12. The van der Waals surface area contributed by atoms with Crippen molar-refractivity contribution < 1.29 is 18.3 Å². The van der Waals surface area contributed by atoms with Crippen LogP contribution >= 0.6 is 11.3 Å². The number of alkyl halides is 2. The van der Waals surface area contributed by atoms with Crippen molar-refractivity contribution in [2.45, 2.75) is 13.5 Å². The molecule has 0 unspecified atom stereocenters. The lowest BCUT2D eigenvalue weighted by atomic mass is 10.1. The molecule has 114 valence electrons. The van der Waals surface area contributed by atoms with E-state index in [1.807, 2.05) is 12.3 Å². The molecule has 0 saturated carbocycles. The number of ether oxygens (including phenoxy) is 2. The molecule has 0 N–H and O–H groups in total. The molecule has 1 aromatic heterocycles. The number of benzene rings is 1. The number of aromatic nitrogens is 1. The lowest BCUT2D eigenvalue weighted by molar-refractivity contribution is -0.0512. The van der Waals surface area contributed by atoms with Crippen molar-refractivity contribution in [3.63, 3.8) is 0 Å². The fraction of sp³-hybridized carbons (Fsp3) is 0.200. The van der Waals surface area contributed by atoms with Gasteiger partial charge in [0.05, 0.1) is 12.7 Å². The molecule has 0 aliphatic carbocycles. The Balaban J connectivity index is 2.39. The monoisotopic (exact) mass is 322 g/mol. The van der Waals surface area contributed by atoms with Crippen LogP contribution in [0.5, 0.6) is 11.5 Å². The summed E-state index contributed by atoms with van der Waals surface area (Å²) in [6.45, 7) is -1.12. The van der Waals surface area contributed by atoms with Gasteiger partial charge in [-0.05, 0) is 30.7 Å². The molecule has 0 aliphatic rings. The summed E-state index contributed by atoms with van der Waals surface area (Å²) in [6, 6.07) is 6.60. The van der Waals surface area contributed by atoms with Crippen LogP contribution in [0.4, 0.5) is 8.78 Å². The molecule has 22 heavy (non-hydrogen) atoms. The number of thiazole rings is 1. The highest BCUT2D eigenvalue weighted by Crippen LogP contribution is 2.31. The quantitative estimate of drug-likeness (QED) is 0.777. The third kappa shape index (κ3) is 3.80. The standard InChI is InChI=1S/C15H12F2N2O2S/c1-9-8-22-14(19-9)11(7-18)5-10-3-4-12(20-2)13(6-10)21-15(16)17/h3-6,8,15H,1-2H3/b11-5-. The van der Waals surface area contributed by atoms with Gasteiger partial charge in [0.2, 0.25) is 0 Å². The second-order valence-electron chi connectivity index (χ2n) is 4.25. The van der Waals surface area contributed by atoms with Crippen LogP contribution in [0.25, 0.3) is 11.6 Å². The third-order valence-electron chi connectivity index (χ3n) is 2.68. The summed E-state index contributed by atoms with van der Waals surface area (Å²) < 4.78 is 34.2. The number of aryl methyl sites for hydroxylation is 1. The Morgan fingerprint density at radius 3 is 2.73 bits per heavy atom. The van der Waals surface area contributed by atoms with Gasteiger partial charge < -0.3 is 9.47 Å². The molecule has 0 atom stereocenters. The van der Waals surface area contributed by atoms with Crippen LogP contribution in [-0.2, 0) is 0 Å². The second kappa shape index (κ2) is 7.00. The molecule has 1 aromatic carbocycles. The number of nitrogens with zero attached hydrogens (tertiary/aromatic N) is 2. The molecule has 0 saturated heterocycles. The zero-order chi connectivity index (χ0) is 16.1. The first-order valence-corrected chi connectivity index (χ1v) is 7.08. The highest BCUT2D eigenvalue weighted by atomic mass is 32.1. The van der Waals surface area contributed by atoms with E-state index in [0.717, 1.165) is 5.69 Å². The highest BCUT2D eigenvalue weighted by molar-refractivity contribution is 7.11. The van der Waals surface area contributed by atoms with Crippen molar-refractivity contribution in [1.29, 1.82) is 5.26 Å². The average molecular weight is 322 g/mol. The summed E-state index contributed by atoms with van der Waals surface area (Å²) in [7, 11) is 1.36. The Hall–Kier alpha value is -2.46. The second-order valence-corrected chi connectivity index (χ2v) is 5.11. The smallest absolute Gasteiger partial charge is 0.387 e. The predicted octanol–water partition coefficient (Wildman–Crippen LogP) is 4.13. The van der Waals surface area contributed by atoms with Gasteiger partial charge in [-0.1, -0.05) is 6.07 Å². The molecule has 4 nitrogen and oxygen atoms in total. The summed E-state index contributed by atoms with van der Waals surface area (Å²) in [4.78, 5) is 4.23. The normalized spacial score (nSPS) is 11.4. The van der Waals surface area contributed by atoms with Crippen LogP contribution in [0.15, 0.2) is 23.6 Å². The molecule has 2 aromatic rings. The summed E-state index contributed by atoms with van der Waals surface area (Å²) in [6.07, 6.45) is 1.57. The first kappa shape index (κ1) is 15.9. The Labute approximate surface area is 130 Å². The zero-order valence-electron chi connectivity index (χ0n) is 11.8. The van der Waals surface area contributed by atoms with Gasteiger partial charge in [0.15, 0.2) is 11.5 Å². The van der Waals surface area contributed by atoms with E-state index in [0.29, 0.717) is 16.1 Å². The molecular weight excluding hydrogens is 310 g/mol. The minimum Gasteiger partial charge on any atom is -0.493 e. The summed E-state index contributed by atoms with van der Waals surface area (Å²) >= 11 is 1.35. The number of rotatable bonds is 5. The van der Waals surface area contributed by atoms with Gasteiger partial charge in [-0.15, -0.1) is 11.3 Å². The van der Waals surface area contributed by atoms with Crippen LogP contribution in [0.3, 0.4) is 0 Å². The maximum Gasteiger partial charge on any atom is 0.387 e. The van der Waals surface area contributed by atoms with Crippen molar-refractivity contribution in [2.75, 3.05) is 7.11 Å². The van der Waals surface area contributed by atoms with Gasteiger partial charge in [-0.3, -0.25) is 0 Å². The fourth-order valence-corrected chi connectivity index (χ4v) is 2.52. The first-order chi connectivity index (χ1) is 10.5. The van der Waals surface area contributed by atoms with Gasteiger partial charge in [-0.25, -0.2) is 4.98 Å². The van der Waals surface area contributed by atoms with Crippen LogP contribution in [0.2, 0.25) is 0 Å². The van der Waals surface area contributed by atoms with Crippen molar-refractivity contribution in [3.05, 3.63) is 39.8 Å². The van der Waals surface area contributed by atoms with E-state index in [1.165, 1.54) is 30.6 Å². The topological polar surface area (TPSA) is 55.1 Å². The fourth-order valence-electron chi connectivity index (χ4n) is 1.76. The number of nitriles is 1. The molecular formula is C15H12F2N2O2S. The van der Waals surface area contributed by atoms with E-state index in [-0.39, 0.29) is 11.5 Å². The number of allylic oxidation sites excluding steroid dienone is 1. The van der Waals surface area contributed by atoms with Crippen LogP contribution < -0.4 is 9.47 Å². The minimum atomic E-state index is -2.95. The average Bonchev–Trinajstić information content (AvgIpc) is 2.91. The predicted molar refractivity (Wildman–Crippen MR) is 80.0 cm³/mol. The van der Waals surface area contributed by atoms with E-state index in [2.05, 4.69) is 15.8 Å². The minimum absolute atomic E-state index is 0.0844. The van der Waals surface area contributed by atoms with E-state index in [4.69, 9.17) is 4.74 Å². The van der Waals surface area contributed by atoms with E-state index in [1.54, 1.807) is 12.1 Å². The Kier molecular flexibility index (Phi) is 5.07. The number of halogens is 2. The van der Waals surface area contributed by atoms with E-state index >= 15 is 0 Å². The van der Waals surface area contributed by atoms with Crippen molar-refractivity contribution in [2.24, 2.45) is 0 Å². The SMILES string of the molecule is COc1ccc(/C=C(/C#N)c2nc(C)cs2)cc1OC(F)F. The molecule has 0 amide bonds. The zero-order valence-corrected chi connectivity index (χ0v) is 12.7. The lowest BCUT2D eigenvalue weighted by Crippen LogP contribution is -2.03. The molecule has 1 heterocycles. The molecule has 0 spiro atoms. The molecule has 0 bridgehead atoms.